The predicted octanol–water partition coefficient (Wildman–Crippen LogP) is 4.07. The largest absolute Gasteiger partial charge is 0.354 e. The number of nitrogens with zero attached hydrogens (tertiary/aromatic N) is 5. The van der Waals surface area contributed by atoms with Gasteiger partial charge in [0.25, 0.3) is 5.91 Å². The number of likely N-dealkylation sites (N-methyl/N-ethyl adjacent to an activating group) is 1. The highest BCUT2D eigenvalue weighted by molar-refractivity contribution is 7.13. The Morgan fingerprint density at radius 2 is 1.85 bits per heavy atom. The Kier molecular flexibility index (Phi) is 6.69. The normalized spacial score (nSPS) is 14.3. The third-order valence-electron chi connectivity index (χ3n) is 6.14. The third kappa shape index (κ3) is 4.88. The number of carbonyl (C=O) groups is 1. The van der Waals surface area contributed by atoms with Crippen LogP contribution in [0.2, 0.25) is 0 Å². The molecule has 5 rings (SSSR count). The van der Waals surface area contributed by atoms with E-state index in [0.717, 1.165) is 54.7 Å². The summed E-state index contributed by atoms with van der Waals surface area (Å²) in [5.74, 6) is 0.847. The van der Waals surface area contributed by atoms with Gasteiger partial charge in [0, 0.05) is 45.1 Å². The van der Waals surface area contributed by atoms with Crippen LogP contribution in [0.15, 0.2) is 72.4 Å². The molecule has 4 heterocycles. The van der Waals surface area contributed by atoms with Gasteiger partial charge < -0.3 is 15.1 Å². The van der Waals surface area contributed by atoms with Crippen LogP contribution in [-0.4, -0.2) is 58.3 Å². The van der Waals surface area contributed by atoms with Crippen molar-refractivity contribution in [1.29, 1.82) is 0 Å². The highest BCUT2D eigenvalue weighted by atomic mass is 32.1. The molecule has 34 heavy (non-hydrogen) atoms. The summed E-state index contributed by atoms with van der Waals surface area (Å²) in [4.78, 5) is 23.5. The number of hydrogen-bond donors (Lipinski definition) is 1. The van der Waals surface area contributed by atoms with Gasteiger partial charge in [-0.15, -0.1) is 11.3 Å². The van der Waals surface area contributed by atoms with Crippen LogP contribution >= 0.6 is 11.3 Å². The van der Waals surface area contributed by atoms with Crippen molar-refractivity contribution >= 4 is 23.1 Å². The summed E-state index contributed by atoms with van der Waals surface area (Å²) in [7, 11) is 0. The van der Waals surface area contributed by atoms with Crippen LogP contribution in [-0.2, 0) is 6.54 Å². The highest BCUT2D eigenvalue weighted by Crippen LogP contribution is 2.28. The number of piperazine rings is 1. The molecule has 0 aliphatic carbocycles. The van der Waals surface area contributed by atoms with Crippen LogP contribution < -0.4 is 10.2 Å². The number of benzene rings is 1. The fraction of sp³-hybridized carbons (Fsp3) is 0.269. The summed E-state index contributed by atoms with van der Waals surface area (Å²) in [6.07, 6.45) is 3.66. The molecule has 1 N–H and O–H groups in total. The second-order valence-corrected chi connectivity index (χ2v) is 9.23. The zero-order valence-corrected chi connectivity index (χ0v) is 20.0. The average Bonchev–Trinajstić information content (AvgIpc) is 3.59. The topological polar surface area (TPSA) is 66.3 Å². The van der Waals surface area contributed by atoms with E-state index in [0.29, 0.717) is 17.8 Å². The van der Waals surface area contributed by atoms with Crippen LogP contribution in [0, 0.1) is 0 Å². The Hall–Kier alpha value is -3.49. The number of pyridine rings is 1. The van der Waals surface area contributed by atoms with E-state index in [4.69, 9.17) is 5.10 Å². The number of hydrogen-bond acceptors (Lipinski definition) is 6. The second-order valence-electron chi connectivity index (χ2n) is 8.28. The third-order valence-corrected chi connectivity index (χ3v) is 7.02. The molecule has 1 aromatic carbocycles. The van der Waals surface area contributed by atoms with Crippen molar-refractivity contribution in [3.05, 3.63) is 83.5 Å². The smallest absolute Gasteiger partial charge is 0.255 e. The zero-order valence-electron chi connectivity index (χ0n) is 19.2. The predicted molar refractivity (Wildman–Crippen MR) is 137 cm³/mol. The van der Waals surface area contributed by atoms with Crippen molar-refractivity contribution < 1.29 is 4.79 Å². The van der Waals surface area contributed by atoms with Crippen LogP contribution in [0.1, 0.15) is 22.8 Å². The molecule has 174 valence electrons. The summed E-state index contributed by atoms with van der Waals surface area (Å²) in [6, 6.07) is 17.9. The Balaban J connectivity index is 1.28. The summed E-state index contributed by atoms with van der Waals surface area (Å²) >= 11 is 1.57. The number of thiophene rings is 1. The van der Waals surface area contributed by atoms with Crippen LogP contribution in [0.25, 0.3) is 16.3 Å². The first-order chi connectivity index (χ1) is 16.7. The zero-order chi connectivity index (χ0) is 23.3. The van der Waals surface area contributed by atoms with Crippen LogP contribution in [0.4, 0.5) is 5.82 Å². The molecule has 8 heteroatoms. The van der Waals surface area contributed by atoms with E-state index in [1.165, 1.54) is 0 Å². The van der Waals surface area contributed by atoms with E-state index in [2.05, 4.69) is 27.0 Å². The van der Waals surface area contributed by atoms with Gasteiger partial charge in [-0.1, -0.05) is 37.3 Å². The Labute approximate surface area is 203 Å². The van der Waals surface area contributed by atoms with Gasteiger partial charge in [0.15, 0.2) is 0 Å². The summed E-state index contributed by atoms with van der Waals surface area (Å²) < 4.78 is 1.76. The Morgan fingerprint density at radius 3 is 2.53 bits per heavy atom. The number of anilines is 1. The molecule has 0 spiro atoms. The van der Waals surface area contributed by atoms with Gasteiger partial charge >= 0.3 is 0 Å². The lowest BCUT2D eigenvalue weighted by molar-refractivity contribution is 0.0951. The van der Waals surface area contributed by atoms with Crippen LogP contribution in [0.3, 0.4) is 0 Å². The molecular weight excluding hydrogens is 444 g/mol. The van der Waals surface area contributed by atoms with Crippen molar-refractivity contribution in [2.24, 2.45) is 0 Å². The maximum Gasteiger partial charge on any atom is 0.255 e. The maximum atomic E-state index is 13.2. The highest BCUT2D eigenvalue weighted by Gasteiger charge is 2.20. The SMILES string of the molecule is CCN1CCN(c2ccc(CNC(=O)c3cn(-c4ccccc4)nc3-c3cccs3)cn2)CC1. The van der Waals surface area contributed by atoms with Gasteiger partial charge in [-0.05, 0) is 41.8 Å². The van der Waals surface area contributed by atoms with E-state index in [9.17, 15) is 4.79 Å². The lowest BCUT2D eigenvalue weighted by atomic mass is 10.2. The first-order valence-corrected chi connectivity index (χ1v) is 12.5. The molecule has 3 aromatic heterocycles. The molecule has 0 unspecified atom stereocenters. The van der Waals surface area contributed by atoms with E-state index >= 15 is 0 Å². The molecule has 0 bridgehead atoms. The van der Waals surface area contributed by atoms with E-state index < -0.39 is 0 Å². The van der Waals surface area contributed by atoms with Crippen molar-refractivity contribution in [3.63, 3.8) is 0 Å². The molecule has 0 saturated carbocycles. The van der Waals surface area contributed by atoms with Gasteiger partial charge in [-0.3, -0.25) is 4.79 Å². The molecule has 1 fully saturated rings. The summed E-state index contributed by atoms with van der Waals surface area (Å²) in [5, 5.41) is 9.76. The van der Waals surface area contributed by atoms with Gasteiger partial charge in [0.2, 0.25) is 0 Å². The summed E-state index contributed by atoms with van der Waals surface area (Å²) in [6.45, 7) is 7.83. The van der Waals surface area contributed by atoms with E-state index in [1.807, 2.05) is 66.2 Å². The monoisotopic (exact) mass is 472 g/mol. The van der Waals surface area contributed by atoms with Crippen molar-refractivity contribution in [1.82, 2.24) is 25.0 Å². The molecule has 1 saturated heterocycles. The molecular formula is C26H28N6OS. The number of rotatable bonds is 7. The number of aromatic nitrogens is 3. The second kappa shape index (κ2) is 10.2. The first-order valence-electron chi connectivity index (χ1n) is 11.6. The van der Waals surface area contributed by atoms with Gasteiger partial charge in [-0.2, -0.15) is 5.10 Å². The number of carbonyl (C=O) groups excluding carboxylic acids is 1. The Morgan fingerprint density at radius 1 is 1.03 bits per heavy atom. The average molecular weight is 473 g/mol. The van der Waals surface area contributed by atoms with Crippen LogP contribution in [0.5, 0.6) is 0 Å². The van der Waals surface area contributed by atoms with Crippen molar-refractivity contribution in [3.8, 4) is 16.3 Å². The van der Waals surface area contributed by atoms with Gasteiger partial charge in [0.1, 0.15) is 11.5 Å². The van der Waals surface area contributed by atoms with Crippen molar-refractivity contribution in [2.45, 2.75) is 13.5 Å². The van der Waals surface area contributed by atoms with Crippen molar-refractivity contribution in [2.75, 3.05) is 37.6 Å². The van der Waals surface area contributed by atoms with Gasteiger partial charge in [0.05, 0.1) is 16.1 Å². The fourth-order valence-electron chi connectivity index (χ4n) is 4.13. The quantitative estimate of drug-likeness (QED) is 0.439. The number of para-hydroxylation sites is 1. The molecule has 0 radical (unpaired) electrons. The minimum atomic E-state index is -0.148. The van der Waals surface area contributed by atoms with E-state index in [1.54, 1.807) is 22.2 Å². The minimum Gasteiger partial charge on any atom is -0.354 e. The van der Waals surface area contributed by atoms with E-state index in [-0.39, 0.29) is 5.91 Å². The van der Waals surface area contributed by atoms with Gasteiger partial charge in [-0.25, -0.2) is 9.67 Å². The molecule has 1 amide bonds. The number of nitrogens with one attached hydrogen (secondary N) is 1. The summed E-state index contributed by atoms with van der Waals surface area (Å²) in [5.41, 5.74) is 3.14. The molecule has 4 aromatic rings. The Bertz CT molecular complexity index is 1210. The molecule has 7 nitrogen and oxygen atoms in total. The maximum absolute atomic E-state index is 13.2. The molecule has 1 aliphatic rings. The molecule has 0 atom stereocenters. The fourth-order valence-corrected chi connectivity index (χ4v) is 4.85. The standard InChI is InChI=1S/C26H28N6OS/c1-2-30-12-14-31(15-13-30)24-11-10-20(17-27-24)18-28-26(33)22-19-32(21-7-4-3-5-8-21)29-25(22)23-9-6-16-34-23/h3-11,16-17,19H,2,12-15,18H2,1H3,(H,28,33). The minimum absolute atomic E-state index is 0.148. The number of amides is 1. The molecule has 1 aliphatic heterocycles. The first kappa shape index (κ1) is 22.3. The lowest BCUT2D eigenvalue weighted by Crippen LogP contribution is -2.46. The lowest BCUT2D eigenvalue weighted by Gasteiger charge is -2.34.